The summed E-state index contributed by atoms with van der Waals surface area (Å²) in [7, 11) is 0. The molecule has 0 aliphatic rings. The molecule has 0 heterocycles. The van der Waals surface area contributed by atoms with Gasteiger partial charge >= 0.3 is 5.97 Å². The van der Waals surface area contributed by atoms with Crippen LogP contribution in [-0.2, 0) is 24.3 Å². The van der Waals surface area contributed by atoms with Gasteiger partial charge in [0.2, 0.25) is 0 Å². The maximum absolute atomic E-state index is 10.1. The Balaban J connectivity index is -0.000000320. The molecule has 0 aromatic carbocycles. The molecule has 0 fully saturated rings. The minimum absolute atomic E-state index is 0. The predicted octanol–water partition coefficient (Wildman–Crippen LogP) is 0.727. The third-order valence-electron chi connectivity index (χ3n) is 0.950. The van der Waals surface area contributed by atoms with Crippen molar-refractivity contribution in [2.24, 2.45) is 5.73 Å². The molecule has 0 rings (SSSR count). The molecule has 0 aliphatic carbocycles. The van der Waals surface area contributed by atoms with E-state index in [0.717, 1.165) is 5.75 Å². The first-order chi connectivity index (χ1) is 4.18. The smallest absolute Gasteiger partial charge is 0.320 e. The van der Waals surface area contributed by atoms with Crippen LogP contribution >= 0.6 is 28.7 Å². The number of thioether (sulfide) groups is 1. The molecule has 0 aromatic rings. The fourth-order valence-electron chi connectivity index (χ4n) is 0.368. The maximum Gasteiger partial charge on any atom is 0.320 e. The van der Waals surface area contributed by atoms with Gasteiger partial charge in [-0.15, -0.1) is 17.0 Å². The van der Waals surface area contributed by atoms with Crippen molar-refractivity contribution in [3.05, 3.63) is 0 Å². The Labute approximate surface area is 94.0 Å². The van der Waals surface area contributed by atoms with Gasteiger partial charge in [0.15, 0.2) is 0 Å². The Kier molecular flexibility index (Phi) is 17.6. The number of halogens is 1. The first-order valence-corrected chi connectivity index (χ1v) is 4.05. The van der Waals surface area contributed by atoms with Crippen molar-refractivity contribution >= 4 is 34.7 Å². The summed E-state index contributed by atoms with van der Waals surface area (Å²) in [6.45, 7) is 0. The average molecular weight is 296 g/mol. The molecular formula is C5H12BrNO2SZn. The molecule has 0 spiro atoms. The monoisotopic (exact) mass is 293 g/mol. The molecule has 6 heteroatoms. The minimum Gasteiger partial charge on any atom is -0.480 e. The van der Waals surface area contributed by atoms with E-state index in [1.54, 1.807) is 11.8 Å². The summed E-state index contributed by atoms with van der Waals surface area (Å²) < 4.78 is 0. The van der Waals surface area contributed by atoms with Gasteiger partial charge < -0.3 is 10.8 Å². The van der Waals surface area contributed by atoms with Crippen molar-refractivity contribution in [1.29, 1.82) is 0 Å². The van der Waals surface area contributed by atoms with Gasteiger partial charge in [0, 0.05) is 19.5 Å². The normalized spacial score (nSPS) is 10.7. The molecule has 0 saturated heterocycles. The number of carbonyl (C=O) groups is 1. The fourth-order valence-corrected chi connectivity index (χ4v) is 0.858. The number of hydrogen-bond donors (Lipinski definition) is 2. The van der Waals surface area contributed by atoms with Crippen LogP contribution in [0.25, 0.3) is 0 Å². The van der Waals surface area contributed by atoms with Gasteiger partial charge in [-0.2, -0.15) is 11.8 Å². The standard InChI is InChI=1S/C5H11NO2S.BrH.Zn/c1-9-3-2-4(6)5(7)8;;/h4H,2-3,6H2,1H3,(H,7,8);1H;. The molecular weight excluding hydrogens is 283 g/mol. The molecule has 11 heavy (non-hydrogen) atoms. The largest absolute Gasteiger partial charge is 0.480 e. The van der Waals surface area contributed by atoms with Crippen LogP contribution in [0, 0.1) is 0 Å². The Bertz CT molecular complexity index is 106. The SMILES string of the molecule is Br.CSCCC(N)C(=O)O.[Zn]. The summed E-state index contributed by atoms with van der Waals surface area (Å²) in [5.74, 6) is -0.1000. The van der Waals surface area contributed by atoms with Gasteiger partial charge in [-0.05, 0) is 18.4 Å². The van der Waals surface area contributed by atoms with Crippen LogP contribution in [0.4, 0.5) is 0 Å². The first-order valence-electron chi connectivity index (χ1n) is 2.65. The van der Waals surface area contributed by atoms with Crippen LogP contribution in [0.15, 0.2) is 0 Å². The van der Waals surface area contributed by atoms with E-state index in [9.17, 15) is 4.79 Å². The topological polar surface area (TPSA) is 63.3 Å². The van der Waals surface area contributed by atoms with Gasteiger partial charge in [0.05, 0.1) is 0 Å². The molecule has 0 bridgehead atoms. The van der Waals surface area contributed by atoms with Crippen molar-refractivity contribution in [1.82, 2.24) is 0 Å². The number of hydrogen-bond acceptors (Lipinski definition) is 3. The van der Waals surface area contributed by atoms with Crippen LogP contribution in [0.5, 0.6) is 0 Å². The molecule has 3 N–H and O–H groups in total. The van der Waals surface area contributed by atoms with Crippen LogP contribution in [0.3, 0.4) is 0 Å². The van der Waals surface area contributed by atoms with Crippen LogP contribution in [-0.4, -0.2) is 29.1 Å². The van der Waals surface area contributed by atoms with Crippen LogP contribution in [0.2, 0.25) is 0 Å². The molecule has 1 unspecified atom stereocenters. The van der Waals surface area contributed by atoms with E-state index in [2.05, 4.69) is 0 Å². The summed E-state index contributed by atoms with van der Waals surface area (Å²) in [6, 6.07) is -0.683. The summed E-state index contributed by atoms with van der Waals surface area (Å²) in [6.07, 6.45) is 2.48. The maximum atomic E-state index is 10.1. The van der Waals surface area contributed by atoms with Crippen LogP contribution in [0.1, 0.15) is 6.42 Å². The first kappa shape index (κ1) is 17.8. The molecule has 0 radical (unpaired) electrons. The average Bonchev–Trinajstić information content (AvgIpc) is 1.82. The number of nitrogens with two attached hydrogens (primary N) is 1. The second-order valence-corrected chi connectivity index (χ2v) is 2.71. The van der Waals surface area contributed by atoms with E-state index < -0.39 is 12.0 Å². The number of carboxylic acids is 1. The van der Waals surface area contributed by atoms with E-state index in [1.165, 1.54) is 0 Å². The van der Waals surface area contributed by atoms with E-state index in [1.807, 2.05) is 6.26 Å². The third kappa shape index (κ3) is 10.9. The summed E-state index contributed by atoms with van der Waals surface area (Å²) in [5, 5.41) is 8.27. The van der Waals surface area contributed by atoms with E-state index >= 15 is 0 Å². The van der Waals surface area contributed by atoms with E-state index in [4.69, 9.17) is 10.8 Å². The zero-order valence-corrected chi connectivity index (χ0v) is 11.9. The summed E-state index contributed by atoms with van der Waals surface area (Å²) in [4.78, 5) is 10.1. The molecule has 1 atom stereocenters. The Hall–Kier alpha value is 0.883. The number of aliphatic carboxylic acids is 1. The Morgan fingerprint density at radius 1 is 1.73 bits per heavy atom. The minimum atomic E-state index is -0.913. The molecule has 0 amide bonds. The molecule has 64 valence electrons. The van der Waals surface area contributed by atoms with Crippen molar-refractivity contribution in [3.63, 3.8) is 0 Å². The summed E-state index contributed by atoms with van der Waals surface area (Å²) >= 11 is 1.60. The molecule has 0 saturated carbocycles. The van der Waals surface area contributed by atoms with Gasteiger partial charge in [-0.25, -0.2) is 0 Å². The molecule has 0 aliphatic heterocycles. The molecule has 3 nitrogen and oxygen atoms in total. The van der Waals surface area contributed by atoms with Crippen molar-refractivity contribution < 1.29 is 29.4 Å². The van der Waals surface area contributed by atoms with Gasteiger partial charge in [0.25, 0.3) is 0 Å². The van der Waals surface area contributed by atoms with E-state index in [0.29, 0.717) is 6.42 Å². The second kappa shape index (κ2) is 10.9. The van der Waals surface area contributed by atoms with Crippen molar-refractivity contribution in [2.45, 2.75) is 12.5 Å². The quantitative estimate of drug-likeness (QED) is 0.751. The van der Waals surface area contributed by atoms with Crippen LogP contribution < -0.4 is 5.73 Å². The second-order valence-electron chi connectivity index (χ2n) is 1.73. The zero-order valence-electron chi connectivity index (χ0n) is 6.45. The van der Waals surface area contributed by atoms with E-state index in [-0.39, 0.29) is 36.5 Å². The van der Waals surface area contributed by atoms with Gasteiger partial charge in [-0.1, -0.05) is 0 Å². The Morgan fingerprint density at radius 2 is 2.18 bits per heavy atom. The van der Waals surface area contributed by atoms with Crippen molar-refractivity contribution in [2.75, 3.05) is 12.0 Å². The number of carboxylic acid groups (broad SMARTS) is 1. The fraction of sp³-hybridized carbons (Fsp3) is 0.800. The summed E-state index contributed by atoms with van der Waals surface area (Å²) in [5.41, 5.74) is 5.19. The zero-order chi connectivity index (χ0) is 7.28. The van der Waals surface area contributed by atoms with Crippen molar-refractivity contribution in [3.8, 4) is 0 Å². The van der Waals surface area contributed by atoms with Gasteiger partial charge in [-0.3, -0.25) is 4.79 Å². The number of rotatable bonds is 4. The Morgan fingerprint density at radius 3 is 2.45 bits per heavy atom. The third-order valence-corrected chi connectivity index (χ3v) is 1.59. The molecule has 0 aromatic heterocycles. The van der Waals surface area contributed by atoms with Gasteiger partial charge in [0.1, 0.15) is 6.04 Å². The predicted molar refractivity (Wildman–Crippen MR) is 48.9 cm³/mol.